The molecule has 0 saturated carbocycles. The van der Waals surface area contributed by atoms with Crippen molar-refractivity contribution in [2.45, 2.75) is 30.6 Å². The quantitative estimate of drug-likeness (QED) is 0.423. The van der Waals surface area contributed by atoms with Gasteiger partial charge in [-0.1, -0.05) is 5.92 Å². The number of carbonyl (C=O) groups excluding carboxylic acids is 2. The number of oxazole rings is 1. The second-order valence-corrected chi connectivity index (χ2v) is 12.7. The summed E-state index contributed by atoms with van der Waals surface area (Å²) in [6, 6.07) is 6.07. The number of benzene rings is 1. The van der Waals surface area contributed by atoms with Gasteiger partial charge in [-0.05, 0) is 24.3 Å². The van der Waals surface area contributed by atoms with E-state index in [0.29, 0.717) is 67.3 Å². The van der Waals surface area contributed by atoms with Crippen molar-refractivity contribution in [1.29, 1.82) is 0 Å². The lowest BCUT2D eigenvalue weighted by atomic mass is 10.1. The highest BCUT2D eigenvalue weighted by Gasteiger charge is 2.40. The third kappa shape index (κ3) is 5.30. The molecule has 222 valence electrons. The van der Waals surface area contributed by atoms with Gasteiger partial charge >= 0.3 is 5.91 Å². The fraction of sp³-hybridized carbons (Fsp3) is 0.464. The normalized spacial score (nSPS) is 20.9. The second kappa shape index (κ2) is 11.2. The fourth-order valence-electron chi connectivity index (χ4n) is 5.62. The van der Waals surface area contributed by atoms with Crippen molar-refractivity contribution < 1.29 is 27.2 Å². The number of terminal acetylenes is 1. The number of aromatic amines is 1. The molecule has 3 aromatic rings. The van der Waals surface area contributed by atoms with Crippen LogP contribution in [0, 0.1) is 12.3 Å². The summed E-state index contributed by atoms with van der Waals surface area (Å²) in [6.45, 7) is 2.82. The van der Waals surface area contributed by atoms with Gasteiger partial charge in [0, 0.05) is 69.7 Å². The summed E-state index contributed by atoms with van der Waals surface area (Å²) in [7, 11) is -0.131. The molecule has 1 unspecified atom stereocenters. The van der Waals surface area contributed by atoms with Gasteiger partial charge in [-0.25, -0.2) is 23.4 Å². The molecular weight excluding hydrogens is 562 g/mol. The zero-order valence-electron chi connectivity index (χ0n) is 23.6. The van der Waals surface area contributed by atoms with Crippen LogP contribution in [0.3, 0.4) is 0 Å². The molecule has 13 nitrogen and oxygen atoms in total. The number of carbonyl (C=O) groups is 2. The first-order valence-electron chi connectivity index (χ1n) is 13.8. The standard InChI is InChI=1S/C28H33N7O6S/c1-4-19-5-6-22-20(13-19)14-25(29-22)42(38,39)34-7-8-35(21(16-34)15-26(36)33-9-11-40-12-10-33)28(37)27-30-23-17-31(2)32(3)18-24(23)41-27/h1,5-6,13-14,21,29H,7-12,15-18H2,2-3H3. The Bertz CT molecular complexity index is 1640. The monoisotopic (exact) mass is 595 g/mol. The number of ether oxygens (including phenoxy) is 1. The maximum Gasteiger partial charge on any atom is 0.310 e. The van der Waals surface area contributed by atoms with Crippen LogP contribution >= 0.6 is 0 Å². The zero-order valence-corrected chi connectivity index (χ0v) is 24.4. The van der Waals surface area contributed by atoms with Gasteiger partial charge in [-0.3, -0.25) is 9.59 Å². The number of hydrogen-bond acceptors (Lipinski definition) is 9. The molecule has 3 aliphatic heterocycles. The zero-order chi connectivity index (χ0) is 29.6. The molecule has 1 N–H and O–H groups in total. The molecule has 2 amide bonds. The van der Waals surface area contributed by atoms with E-state index in [9.17, 15) is 18.0 Å². The van der Waals surface area contributed by atoms with Gasteiger partial charge in [0.05, 0.1) is 38.0 Å². The Hall–Kier alpha value is -3.74. The molecule has 5 heterocycles. The molecule has 42 heavy (non-hydrogen) atoms. The molecule has 1 aromatic carbocycles. The molecule has 2 fully saturated rings. The highest BCUT2D eigenvalue weighted by molar-refractivity contribution is 7.89. The summed E-state index contributed by atoms with van der Waals surface area (Å²) in [4.78, 5) is 37.7. The van der Waals surface area contributed by atoms with Crippen LogP contribution in [0.4, 0.5) is 0 Å². The Morgan fingerprint density at radius 2 is 1.86 bits per heavy atom. The number of hydrogen-bond donors (Lipinski definition) is 1. The highest BCUT2D eigenvalue weighted by atomic mass is 32.2. The number of morpholine rings is 1. The van der Waals surface area contributed by atoms with Crippen molar-refractivity contribution in [3.05, 3.63) is 47.2 Å². The number of fused-ring (bicyclic) bond motifs is 2. The molecule has 0 bridgehead atoms. The van der Waals surface area contributed by atoms with E-state index in [2.05, 4.69) is 15.9 Å². The average Bonchev–Trinajstić information content (AvgIpc) is 3.61. The fourth-order valence-corrected chi connectivity index (χ4v) is 7.10. The number of nitrogens with zero attached hydrogens (tertiary/aromatic N) is 6. The van der Waals surface area contributed by atoms with Crippen LogP contribution in [0.15, 0.2) is 33.7 Å². The van der Waals surface area contributed by atoms with Crippen molar-refractivity contribution in [2.24, 2.45) is 0 Å². The van der Waals surface area contributed by atoms with E-state index in [0.717, 1.165) is 0 Å². The number of sulfonamides is 1. The number of rotatable bonds is 5. The minimum absolute atomic E-state index is 0.0262. The van der Waals surface area contributed by atoms with Crippen LogP contribution in [0.1, 0.15) is 34.1 Å². The van der Waals surface area contributed by atoms with Crippen LogP contribution in [-0.4, -0.2) is 120 Å². The number of nitrogens with one attached hydrogen (secondary N) is 1. The maximum absolute atomic E-state index is 13.8. The Labute approximate surface area is 244 Å². The van der Waals surface area contributed by atoms with Gasteiger partial charge in [-0.15, -0.1) is 6.42 Å². The van der Waals surface area contributed by atoms with Crippen LogP contribution in [0.25, 0.3) is 10.9 Å². The first kappa shape index (κ1) is 28.4. The van der Waals surface area contributed by atoms with E-state index in [-0.39, 0.29) is 42.9 Å². The van der Waals surface area contributed by atoms with E-state index in [1.54, 1.807) is 29.2 Å². The molecule has 2 aromatic heterocycles. The molecule has 2 saturated heterocycles. The van der Waals surface area contributed by atoms with E-state index < -0.39 is 22.0 Å². The van der Waals surface area contributed by atoms with Crippen molar-refractivity contribution in [3.63, 3.8) is 0 Å². The summed E-state index contributed by atoms with van der Waals surface area (Å²) >= 11 is 0. The summed E-state index contributed by atoms with van der Waals surface area (Å²) < 4.78 is 40.2. The van der Waals surface area contributed by atoms with E-state index >= 15 is 0 Å². The Balaban J connectivity index is 1.27. The summed E-state index contributed by atoms with van der Waals surface area (Å²) in [5.41, 5.74) is 1.98. The number of piperazine rings is 1. The van der Waals surface area contributed by atoms with Crippen LogP contribution in [0.2, 0.25) is 0 Å². The molecule has 0 spiro atoms. The SMILES string of the molecule is C#Cc1ccc2[nH]c(S(=O)(=O)N3CCN(C(=O)c4nc5c(o4)CN(C)N(C)C5)C(CC(=O)N4CCOCC4)C3)cc2c1. The molecule has 0 radical (unpaired) electrons. The van der Waals surface area contributed by atoms with Crippen molar-refractivity contribution >= 4 is 32.7 Å². The third-order valence-electron chi connectivity index (χ3n) is 8.16. The van der Waals surface area contributed by atoms with Crippen molar-refractivity contribution in [2.75, 3.05) is 60.0 Å². The molecule has 1 atom stereocenters. The van der Waals surface area contributed by atoms with Crippen LogP contribution in [-0.2, 0) is 32.6 Å². The maximum atomic E-state index is 13.8. The van der Waals surface area contributed by atoms with Gasteiger partial charge in [0.15, 0.2) is 0 Å². The van der Waals surface area contributed by atoms with E-state index in [1.807, 2.05) is 24.1 Å². The number of H-pyrrole nitrogens is 1. The summed E-state index contributed by atoms with van der Waals surface area (Å²) in [6.07, 6.45) is 5.47. The Morgan fingerprint density at radius 1 is 1.10 bits per heavy atom. The predicted octanol–water partition coefficient (Wildman–Crippen LogP) is 0.694. The minimum Gasteiger partial charge on any atom is -0.436 e. The lowest BCUT2D eigenvalue weighted by molar-refractivity contribution is -0.136. The smallest absolute Gasteiger partial charge is 0.310 e. The van der Waals surface area contributed by atoms with Crippen molar-refractivity contribution in [3.8, 4) is 12.3 Å². The largest absolute Gasteiger partial charge is 0.436 e. The summed E-state index contributed by atoms with van der Waals surface area (Å²) in [5, 5.41) is 4.65. The van der Waals surface area contributed by atoms with E-state index in [1.165, 1.54) is 9.21 Å². The Morgan fingerprint density at radius 3 is 2.62 bits per heavy atom. The van der Waals surface area contributed by atoms with Gasteiger partial charge in [0.2, 0.25) is 5.91 Å². The first-order chi connectivity index (χ1) is 20.1. The minimum atomic E-state index is -3.97. The topological polar surface area (TPSA) is 136 Å². The number of amides is 2. The summed E-state index contributed by atoms with van der Waals surface area (Å²) in [5.74, 6) is 2.50. The lowest BCUT2D eigenvalue weighted by Gasteiger charge is -2.40. The van der Waals surface area contributed by atoms with E-state index in [4.69, 9.17) is 15.6 Å². The average molecular weight is 596 g/mol. The Kier molecular flexibility index (Phi) is 7.54. The van der Waals surface area contributed by atoms with Gasteiger partial charge in [0.25, 0.3) is 15.9 Å². The number of hydrazine groups is 1. The first-order valence-corrected chi connectivity index (χ1v) is 15.2. The lowest BCUT2D eigenvalue weighted by Crippen LogP contribution is -2.58. The molecular formula is C28H33N7O6S. The molecule has 0 aliphatic carbocycles. The van der Waals surface area contributed by atoms with Crippen LogP contribution in [0.5, 0.6) is 0 Å². The second-order valence-electron chi connectivity index (χ2n) is 10.8. The predicted molar refractivity (Wildman–Crippen MR) is 151 cm³/mol. The molecule has 14 heteroatoms. The molecule has 6 rings (SSSR count). The van der Waals surface area contributed by atoms with Gasteiger partial charge in [0.1, 0.15) is 10.8 Å². The highest BCUT2D eigenvalue weighted by Crippen LogP contribution is 2.28. The molecule has 3 aliphatic rings. The third-order valence-corrected chi connectivity index (χ3v) is 9.94. The van der Waals surface area contributed by atoms with Gasteiger partial charge in [-0.2, -0.15) is 4.31 Å². The van der Waals surface area contributed by atoms with Crippen LogP contribution < -0.4 is 0 Å². The number of aromatic nitrogens is 2. The van der Waals surface area contributed by atoms with Gasteiger partial charge < -0.3 is 23.9 Å². The van der Waals surface area contributed by atoms with Crippen molar-refractivity contribution in [1.82, 2.24) is 34.1 Å².